The summed E-state index contributed by atoms with van der Waals surface area (Å²) in [7, 11) is 1.83. The summed E-state index contributed by atoms with van der Waals surface area (Å²) in [5.41, 5.74) is 1.29. The van der Waals surface area contributed by atoms with Gasteiger partial charge in [0.1, 0.15) is 5.82 Å². The van der Waals surface area contributed by atoms with Crippen LogP contribution >= 0.6 is 15.9 Å². The van der Waals surface area contributed by atoms with Gasteiger partial charge in [-0.1, -0.05) is 19.3 Å². The zero-order valence-corrected chi connectivity index (χ0v) is 13.6. The molecule has 0 aromatic carbocycles. The van der Waals surface area contributed by atoms with Crippen molar-refractivity contribution in [1.29, 1.82) is 0 Å². The Kier molecular flexibility index (Phi) is 3.52. The van der Waals surface area contributed by atoms with E-state index in [4.69, 9.17) is 0 Å². The van der Waals surface area contributed by atoms with E-state index in [1.54, 1.807) is 4.68 Å². The van der Waals surface area contributed by atoms with Crippen LogP contribution in [-0.4, -0.2) is 21.9 Å². The SMILES string of the molecule is Cc1nn(C)c(NC(=O)NC2CC23CCCCC3)c1Br. The van der Waals surface area contributed by atoms with Crippen molar-refractivity contribution < 1.29 is 4.79 Å². The minimum Gasteiger partial charge on any atom is -0.335 e. The van der Waals surface area contributed by atoms with Gasteiger partial charge in [0, 0.05) is 13.1 Å². The molecule has 1 aromatic rings. The highest BCUT2D eigenvalue weighted by molar-refractivity contribution is 9.10. The lowest BCUT2D eigenvalue weighted by molar-refractivity contribution is 0.246. The molecule has 0 bridgehead atoms. The van der Waals surface area contributed by atoms with Crippen LogP contribution in [-0.2, 0) is 7.05 Å². The number of carbonyl (C=O) groups is 1. The predicted octanol–water partition coefficient (Wildman–Crippen LogP) is 3.34. The van der Waals surface area contributed by atoms with Gasteiger partial charge < -0.3 is 5.32 Å². The van der Waals surface area contributed by atoms with Crippen molar-refractivity contribution in [2.24, 2.45) is 12.5 Å². The molecule has 2 N–H and O–H groups in total. The molecule has 1 spiro atoms. The molecule has 2 saturated carbocycles. The molecule has 20 heavy (non-hydrogen) atoms. The van der Waals surface area contributed by atoms with Crippen molar-refractivity contribution in [3.63, 3.8) is 0 Å². The van der Waals surface area contributed by atoms with Gasteiger partial charge in [-0.25, -0.2) is 4.79 Å². The number of aryl methyl sites for hydroxylation is 2. The molecule has 0 saturated heterocycles. The number of carbonyl (C=O) groups excluding carboxylic acids is 1. The minimum atomic E-state index is -0.124. The molecule has 3 rings (SSSR count). The van der Waals surface area contributed by atoms with E-state index >= 15 is 0 Å². The normalized spacial score (nSPS) is 23.6. The third-order valence-corrected chi connectivity index (χ3v) is 5.67. The number of hydrogen-bond acceptors (Lipinski definition) is 2. The Balaban J connectivity index is 1.58. The average molecular weight is 341 g/mol. The monoisotopic (exact) mass is 340 g/mol. The van der Waals surface area contributed by atoms with Crippen LogP contribution in [0.4, 0.5) is 10.6 Å². The van der Waals surface area contributed by atoms with Crippen molar-refractivity contribution >= 4 is 27.8 Å². The van der Waals surface area contributed by atoms with E-state index in [0.717, 1.165) is 16.6 Å². The van der Waals surface area contributed by atoms with E-state index in [2.05, 4.69) is 31.7 Å². The Morgan fingerprint density at radius 2 is 2.10 bits per heavy atom. The number of nitrogens with zero attached hydrogens (tertiary/aromatic N) is 2. The highest BCUT2D eigenvalue weighted by Gasteiger charge is 2.54. The lowest BCUT2D eigenvalue weighted by Gasteiger charge is -2.22. The van der Waals surface area contributed by atoms with Crippen molar-refractivity contribution in [2.45, 2.75) is 51.5 Å². The molecule has 0 radical (unpaired) electrons. The maximum absolute atomic E-state index is 12.1. The molecule has 2 fully saturated rings. The average Bonchev–Trinajstić information content (AvgIpc) is 2.99. The molecule has 110 valence electrons. The minimum absolute atomic E-state index is 0.124. The first-order valence-corrected chi connectivity index (χ1v) is 8.08. The number of halogens is 1. The number of anilines is 1. The molecule has 1 heterocycles. The summed E-state index contributed by atoms with van der Waals surface area (Å²) < 4.78 is 2.53. The third kappa shape index (κ3) is 2.45. The number of hydrogen-bond donors (Lipinski definition) is 2. The predicted molar refractivity (Wildman–Crippen MR) is 81.7 cm³/mol. The van der Waals surface area contributed by atoms with E-state index in [0.29, 0.717) is 17.3 Å². The molecule has 2 amide bonds. The van der Waals surface area contributed by atoms with E-state index in [-0.39, 0.29) is 6.03 Å². The summed E-state index contributed by atoms with van der Waals surface area (Å²) in [6.45, 7) is 1.91. The molecular weight excluding hydrogens is 320 g/mol. The van der Waals surface area contributed by atoms with E-state index < -0.39 is 0 Å². The van der Waals surface area contributed by atoms with E-state index in [9.17, 15) is 4.79 Å². The number of amides is 2. The Bertz CT molecular complexity index is 534. The van der Waals surface area contributed by atoms with Gasteiger partial charge >= 0.3 is 6.03 Å². The van der Waals surface area contributed by atoms with Gasteiger partial charge in [0.15, 0.2) is 0 Å². The van der Waals surface area contributed by atoms with Crippen LogP contribution in [0, 0.1) is 12.3 Å². The van der Waals surface area contributed by atoms with Crippen molar-refractivity contribution in [2.75, 3.05) is 5.32 Å². The van der Waals surface area contributed by atoms with Crippen molar-refractivity contribution in [3.05, 3.63) is 10.2 Å². The number of rotatable bonds is 2. The second-order valence-electron chi connectivity index (χ2n) is 6.15. The van der Waals surface area contributed by atoms with Crippen LogP contribution in [0.5, 0.6) is 0 Å². The van der Waals surface area contributed by atoms with Crippen LogP contribution in [0.25, 0.3) is 0 Å². The molecule has 1 atom stereocenters. The molecule has 1 aromatic heterocycles. The van der Waals surface area contributed by atoms with Gasteiger partial charge in [0.2, 0.25) is 0 Å². The van der Waals surface area contributed by atoms with E-state index in [1.807, 2.05) is 14.0 Å². The van der Waals surface area contributed by atoms with Gasteiger partial charge in [-0.15, -0.1) is 0 Å². The van der Waals surface area contributed by atoms with E-state index in [1.165, 1.54) is 32.1 Å². The van der Waals surface area contributed by atoms with Gasteiger partial charge in [-0.3, -0.25) is 10.00 Å². The van der Waals surface area contributed by atoms with Crippen LogP contribution in [0.3, 0.4) is 0 Å². The maximum Gasteiger partial charge on any atom is 0.320 e. The second-order valence-corrected chi connectivity index (χ2v) is 6.94. The summed E-state index contributed by atoms with van der Waals surface area (Å²) in [4.78, 5) is 12.1. The lowest BCUT2D eigenvalue weighted by atomic mass is 9.86. The first kappa shape index (κ1) is 13.9. The van der Waals surface area contributed by atoms with Crippen LogP contribution in [0.1, 0.15) is 44.2 Å². The van der Waals surface area contributed by atoms with Crippen LogP contribution in [0.15, 0.2) is 4.47 Å². The Hall–Kier alpha value is -1.04. The van der Waals surface area contributed by atoms with Gasteiger partial charge in [0.25, 0.3) is 0 Å². The third-order valence-electron chi connectivity index (χ3n) is 4.73. The highest BCUT2D eigenvalue weighted by Crippen LogP contribution is 2.56. The van der Waals surface area contributed by atoms with Crippen LogP contribution in [0.2, 0.25) is 0 Å². The fourth-order valence-corrected chi connectivity index (χ4v) is 3.87. The molecule has 2 aliphatic carbocycles. The van der Waals surface area contributed by atoms with Gasteiger partial charge in [-0.2, -0.15) is 5.10 Å². The van der Waals surface area contributed by atoms with Gasteiger partial charge in [-0.05, 0) is 47.5 Å². The smallest absolute Gasteiger partial charge is 0.320 e. The fraction of sp³-hybridized carbons (Fsp3) is 0.714. The molecule has 1 unspecified atom stereocenters. The van der Waals surface area contributed by atoms with Crippen molar-refractivity contribution in [1.82, 2.24) is 15.1 Å². The van der Waals surface area contributed by atoms with Crippen LogP contribution < -0.4 is 10.6 Å². The Labute approximate surface area is 127 Å². The van der Waals surface area contributed by atoms with Crippen molar-refractivity contribution in [3.8, 4) is 0 Å². The quantitative estimate of drug-likeness (QED) is 0.867. The summed E-state index contributed by atoms with van der Waals surface area (Å²) in [5.74, 6) is 0.707. The Morgan fingerprint density at radius 3 is 2.70 bits per heavy atom. The van der Waals surface area contributed by atoms with Gasteiger partial charge in [0.05, 0.1) is 10.2 Å². The molecular formula is C14H21BrN4O. The first-order chi connectivity index (χ1) is 9.52. The summed E-state index contributed by atoms with van der Waals surface area (Å²) in [5, 5.41) is 10.3. The zero-order chi connectivity index (χ0) is 14.3. The zero-order valence-electron chi connectivity index (χ0n) is 12.0. The number of urea groups is 1. The largest absolute Gasteiger partial charge is 0.335 e. The standard InChI is InChI=1S/C14H21BrN4O/c1-9-11(15)12(19(2)18-9)17-13(20)16-10-8-14(10)6-4-3-5-7-14/h10H,3-8H2,1-2H3,(H2,16,17,20). The summed E-state index contributed by atoms with van der Waals surface area (Å²) >= 11 is 3.46. The fourth-order valence-electron chi connectivity index (χ4n) is 3.43. The second kappa shape index (κ2) is 5.06. The lowest BCUT2D eigenvalue weighted by Crippen LogP contribution is -2.34. The topological polar surface area (TPSA) is 59.0 Å². The summed E-state index contributed by atoms with van der Waals surface area (Å²) in [6.07, 6.45) is 7.66. The molecule has 5 nitrogen and oxygen atoms in total. The number of aromatic nitrogens is 2. The molecule has 2 aliphatic rings. The molecule has 0 aliphatic heterocycles. The highest BCUT2D eigenvalue weighted by atomic mass is 79.9. The Morgan fingerprint density at radius 1 is 1.40 bits per heavy atom. The maximum atomic E-state index is 12.1. The molecule has 6 heteroatoms. The first-order valence-electron chi connectivity index (χ1n) is 7.28. The summed E-state index contributed by atoms with van der Waals surface area (Å²) in [6, 6.07) is 0.233. The number of nitrogens with one attached hydrogen (secondary N) is 2.